The average molecular weight is 781 g/mol. The van der Waals surface area contributed by atoms with Gasteiger partial charge in [-0.15, -0.1) is 0 Å². The second-order valence-corrected chi connectivity index (χ2v) is 19.3. The molecule has 4 nitrogen and oxygen atoms in total. The van der Waals surface area contributed by atoms with Crippen molar-refractivity contribution in [3.63, 3.8) is 0 Å². The Morgan fingerprint density at radius 1 is 0.517 bits per heavy atom. The number of nitrogens with one attached hydrogen (secondary N) is 3. The number of rotatable bonds is 16. The Morgan fingerprint density at radius 2 is 0.931 bits per heavy atom. The lowest BCUT2D eigenvalue weighted by molar-refractivity contribution is 0.306. The third-order valence-corrected chi connectivity index (χ3v) is 10.6. The molecule has 0 aliphatic rings. The molecule has 0 aliphatic carbocycles. The van der Waals surface area contributed by atoms with Gasteiger partial charge < -0.3 is 20.9 Å². The van der Waals surface area contributed by atoms with Crippen LogP contribution in [0.15, 0.2) is 115 Å². The van der Waals surface area contributed by atoms with Crippen molar-refractivity contribution < 1.29 is 0 Å². The summed E-state index contributed by atoms with van der Waals surface area (Å²) in [4.78, 5) is 2.59. The number of nitrogens with zero attached hydrogens (tertiary/aromatic N) is 1. The van der Waals surface area contributed by atoms with Gasteiger partial charge >= 0.3 is 0 Å². The fourth-order valence-electron chi connectivity index (χ4n) is 7.84. The van der Waals surface area contributed by atoms with E-state index in [0.29, 0.717) is 29.2 Å². The van der Waals surface area contributed by atoms with Crippen LogP contribution < -0.4 is 20.9 Å². The summed E-state index contributed by atoms with van der Waals surface area (Å²) in [6.07, 6.45) is 3.49. The lowest BCUT2D eigenvalue weighted by Gasteiger charge is -2.33. The van der Waals surface area contributed by atoms with Gasteiger partial charge in [-0.1, -0.05) is 120 Å². The Labute approximate surface area is 354 Å². The molecule has 0 saturated carbocycles. The van der Waals surface area contributed by atoms with E-state index in [2.05, 4.69) is 219 Å². The zero-order chi connectivity index (χ0) is 42.6. The Kier molecular flexibility index (Phi) is 16.5. The molecule has 2 unspecified atom stereocenters. The predicted molar refractivity (Wildman–Crippen MR) is 258 cm³/mol. The molecular weight excluding hydrogens is 705 g/mol. The molecule has 0 amide bonds. The van der Waals surface area contributed by atoms with Crippen LogP contribution in [-0.4, -0.2) is 6.04 Å². The van der Waals surface area contributed by atoms with Crippen LogP contribution in [0.1, 0.15) is 138 Å². The Hall–Kier alpha value is -4.70. The van der Waals surface area contributed by atoms with Gasteiger partial charge in [-0.25, -0.2) is 0 Å². The van der Waals surface area contributed by atoms with Gasteiger partial charge in [-0.3, -0.25) is 0 Å². The summed E-state index contributed by atoms with van der Waals surface area (Å²) in [6.45, 7) is 32.8. The number of hydrogen-bond donors (Lipinski definition) is 3. The largest absolute Gasteiger partial charge is 0.364 e. The summed E-state index contributed by atoms with van der Waals surface area (Å²) in [5, 5.41) is 10.7. The van der Waals surface area contributed by atoms with E-state index in [-0.39, 0.29) is 5.41 Å². The summed E-state index contributed by atoms with van der Waals surface area (Å²) in [5.41, 5.74) is 13.8. The lowest BCUT2D eigenvalue weighted by atomic mass is 9.83. The van der Waals surface area contributed by atoms with Crippen molar-refractivity contribution in [3.05, 3.63) is 138 Å². The molecule has 5 aromatic carbocycles. The predicted octanol–water partition coefficient (Wildman–Crippen LogP) is 16.4. The van der Waals surface area contributed by atoms with Crippen molar-refractivity contribution >= 4 is 39.8 Å². The molecule has 0 bridgehead atoms. The molecule has 5 aromatic rings. The highest BCUT2D eigenvalue weighted by Crippen LogP contribution is 2.32. The summed E-state index contributed by atoms with van der Waals surface area (Å²) < 4.78 is 0. The minimum absolute atomic E-state index is 0.109. The van der Waals surface area contributed by atoms with Crippen LogP contribution in [0.5, 0.6) is 0 Å². The van der Waals surface area contributed by atoms with Gasteiger partial charge in [0, 0.05) is 52.4 Å². The van der Waals surface area contributed by atoms with Crippen LogP contribution in [0.4, 0.5) is 39.8 Å². The molecule has 0 aromatic heterocycles. The first-order chi connectivity index (χ1) is 27.4. The highest BCUT2D eigenvalue weighted by molar-refractivity contribution is 5.69. The molecular formula is C54H76N4. The normalized spacial score (nSPS) is 12.8. The molecule has 58 heavy (non-hydrogen) atoms. The van der Waals surface area contributed by atoms with Crippen molar-refractivity contribution in [1.29, 1.82) is 0 Å². The molecule has 0 fully saturated rings. The maximum absolute atomic E-state index is 3.61. The molecule has 3 N–H and O–H groups in total. The number of hydrogen-bond acceptors (Lipinski definition) is 4. The van der Waals surface area contributed by atoms with Gasteiger partial charge in [-0.05, 0) is 162 Å². The minimum atomic E-state index is 0.109. The van der Waals surface area contributed by atoms with E-state index in [0.717, 1.165) is 53.5 Å². The summed E-state index contributed by atoms with van der Waals surface area (Å²) in [5.74, 6) is 1.79. The Balaban J connectivity index is 0.00000366. The van der Waals surface area contributed by atoms with Crippen LogP contribution >= 0.6 is 0 Å². The van der Waals surface area contributed by atoms with Gasteiger partial charge in [0.25, 0.3) is 0 Å². The second kappa shape index (κ2) is 20.8. The summed E-state index contributed by atoms with van der Waals surface area (Å²) >= 11 is 0. The van der Waals surface area contributed by atoms with E-state index in [1.165, 1.54) is 34.4 Å². The smallest absolute Gasteiger partial charge is 0.0432 e. The average Bonchev–Trinajstić information content (AvgIpc) is 3.16. The van der Waals surface area contributed by atoms with E-state index >= 15 is 0 Å². The third kappa shape index (κ3) is 14.6. The molecule has 0 aliphatic heterocycles. The van der Waals surface area contributed by atoms with Crippen molar-refractivity contribution in [2.75, 3.05) is 20.9 Å². The van der Waals surface area contributed by atoms with Gasteiger partial charge in [0.2, 0.25) is 0 Å². The summed E-state index contributed by atoms with van der Waals surface area (Å²) in [7, 11) is 0. The molecule has 312 valence electrons. The fraction of sp³-hybridized carbons (Fsp3) is 0.444. The second-order valence-electron chi connectivity index (χ2n) is 19.3. The van der Waals surface area contributed by atoms with E-state index < -0.39 is 0 Å². The number of anilines is 7. The molecule has 0 radical (unpaired) electrons. The van der Waals surface area contributed by atoms with Crippen molar-refractivity contribution in [2.24, 2.45) is 17.3 Å². The Bertz CT molecular complexity index is 1940. The molecule has 0 spiro atoms. The monoisotopic (exact) mass is 781 g/mol. The van der Waals surface area contributed by atoms with Crippen LogP contribution in [0.2, 0.25) is 0 Å². The van der Waals surface area contributed by atoms with E-state index in [4.69, 9.17) is 0 Å². The van der Waals surface area contributed by atoms with Crippen LogP contribution in [-0.2, 0) is 18.4 Å². The molecule has 0 saturated heterocycles. The highest BCUT2D eigenvalue weighted by Gasteiger charge is 2.21. The van der Waals surface area contributed by atoms with Crippen molar-refractivity contribution in [2.45, 2.75) is 140 Å². The first-order valence-electron chi connectivity index (χ1n) is 22.0. The van der Waals surface area contributed by atoms with Crippen molar-refractivity contribution in [1.82, 2.24) is 0 Å². The first-order valence-corrected chi connectivity index (χ1v) is 22.0. The zero-order valence-corrected chi connectivity index (χ0v) is 38.6. The van der Waals surface area contributed by atoms with Gasteiger partial charge in [0.1, 0.15) is 0 Å². The SMILES string of the molecule is CC.CC(C)CC(C)N(Cc1cc(C(C)C)cc(C(C)(C)C)c1)c1ccc(Nc2ccc(Nc3ccc(Nc4ccc(CC(C)CC(C)(C)C)cc4)cc3)cc2)cc1. The third-order valence-electron chi connectivity index (χ3n) is 10.6. The van der Waals surface area contributed by atoms with Gasteiger partial charge in [0.15, 0.2) is 0 Å². The quantitative estimate of drug-likeness (QED) is 0.0932. The van der Waals surface area contributed by atoms with Crippen LogP contribution in [0, 0.1) is 17.3 Å². The topological polar surface area (TPSA) is 39.3 Å². The minimum Gasteiger partial charge on any atom is -0.364 e. The highest BCUT2D eigenvalue weighted by atomic mass is 15.2. The first kappa shape index (κ1) is 46.0. The Morgan fingerprint density at radius 3 is 1.31 bits per heavy atom. The number of benzene rings is 5. The molecule has 2 atom stereocenters. The molecule has 5 rings (SSSR count). The van der Waals surface area contributed by atoms with E-state index in [1.807, 2.05) is 13.8 Å². The molecule has 4 heteroatoms. The lowest BCUT2D eigenvalue weighted by Crippen LogP contribution is -2.33. The maximum atomic E-state index is 3.61. The fourth-order valence-corrected chi connectivity index (χ4v) is 7.84. The standard InChI is InChI=1S/C52H70N4.C2H6/c1-36(2)29-39(6)56(35-41-31-42(37(3)4)33-43(32-41)52(10,11)12)50-27-25-49(26-28-50)55-48-23-21-47(22-24-48)54-46-19-17-45(18-20-46)53-44-15-13-40(14-16-44)30-38(5)34-51(7,8)9;1-2/h13-28,31-33,36-39,53-55H,29-30,34-35H2,1-12H3;1-2H3. The molecule has 0 heterocycles. The van der Waals surface area contributed by atoms with Crippen LogP contribution in [0.3, 0.4) is 0 Å². The maximum Gasteiger partial charge on any atom is 0.0432 e. The summed E-state index contributed by atoms with van der Waals surface area (Å²) in [6, 6.07) is 42.5. The van der Waals surface area contributed by atoms with E-state index in [1.54, 1.807) is 0 Å². The van der Waals surface area contributed by atoms with E-state index in [9.17, 15) is 0 Å². The van der Waals surface area contributed by atoms with Gasteiger partial charge in [0.05, 0.1) is 0 Å². The van der Waals surface area contributed by atoms with Gasteiger partial charge in [-0.2, -0.15) is 0 Å². The van der Waals surface area contributed by atoms with Crippen molar-refractivity contribution in [3.8, 4) is 0 Å². The zero-order valence-electron chi connectivity index (χ0n) is 38.6. The van der Waals surface area contributed by atoms with Crippen LogP contribution in [0.25, 0.3) is 0 Å².